The summed E-state index contributed by atoms with van der Waals surface area (Å²) in [5.74, 6) is 1.98. The molecule has 0 N–H and O–H groups in total. The van der Waals surface area contributed by atoms with Gasteiger partial charge in [0.25, 0.3) is 5.91 Å². The zero-order valence-electron chi connectivity index (χ0n) is 19.6. The molecule has 7 heteroatoms. The summed E-state index contributed by atoms with van der Waals surface area (Å²) >= 11 is 0. The van der Waals surface area contributed by atoms with Gasteiger partial charge in [-0.1, -0.05) is 39.0 Å². The van der Waals surface area contributed by atoms with Gasteiger partial charge in [-0.3, -0.25) is 4.79 Å². The fourth-order valence-electron chi connectivity index (χ4n) is 4.18. The second kappa shape index (κ2) is 10.1. The predicted octanol–water partition coefficient (Wildman–Crippen LogP) is 4.84. The third-order valence-electron chi connectivity index (χ3n) is 6.40. The molecule has 1 atom stereocenters. The molecule has 1 unspecified atom stereocenters. The monoisotopic (exact) mass is 450 g/mol. The zero-order valence-corrected chi connectivity index (χ0v) is 19.6. The maximum absolute atomic E-state index is 14.5. The van der Waals surface area contributed by atoms with Crippen LogP contribution in [0.1, 0.15) is 66.3 Å². The van der Waals surface area contributed by atoms with Gasteiger partial charge in [-0.15, -0.1) is 0 Å². The number of aromatic nitrogens is 2. The number of hydrogen-bond acceptors (Lipinski definition) is 5. The van der Waals surface area contributed by atoms with Gasteiger partial charge in [-0.2, -0.15) is 0 Å². The molecule has 1 aliphatic heterocycles. The highest BCUT2D eigenvalue weighted by Gasteiger charge is 2.27. The summed E-state index contributed by atoms with van der Waals surface area (Å²) in [5, 5.41) is 0. The third-order valence-corrected chi connectivity index (χ3v) is 6.40. The van der Waals surface area contributed by atoms with Crippen molar-refractivity contribution in [2.45, 2.75) is 46.0 Å². The van der Waals surface area contributed by atoms with Crippen LogP contribution in [-0.2, 0) is 12.8 Å². The van der Waals surface area contributed by atoms with Gasteiger partial charge < -0.3 is 14.2 Å². The Morgan fingerprint density at radius 3 is 2.48 bits per heavy atom. The first-order valence-electron chi connectivity index (χ1n) is 11.7. The van der Waals surface area contributed by atoms with Gasteiger partial charge >= 0.3 is 0 Å². The molecule has 174 valence electrons. The number of amides is 1. The molecule has 2 aromatic heterocycles. The van der Waals surface area contributed by atoms with Crippen molar-refractivity contribution in [3.05, 3.63) is 76.9 Å². The van der Waals surface area contributed by atoms with Crippen molar-refractivity contribution in [3.63, 3.8) is 0 Å². The quantitative estimate of drug-likeness (QED) is 0.516. The molecule has 1 saturated heterocycles. The van der Waals surface area contributed by atoms with E-state index in [1.165, 1.54) is 12.3 Å². The van der Waals surface area contributed by atoms with E-state index in [2.05, 4.69) is 25.7 Å². The van der Waals surface area contributed by atoms with E-state index in [4.69, 9.17) is 14.4 Å². The average Bonchev–Trinajstić information content (AvgIpc) is 3.39. The van der Waals surface area contributed by atoms with Crippen LogP contribution >= 0.6 is 0 Å². The van der Waals surface area contributed by atoms with Crippen molar-refractivity contribution >= 4 is 11.7 Å². The first kappa shape index (κ1) is 23.0. The van der Waals surface area contributed by atoms with E-state index in [-0.39, 0.29) is 17.6 Å². The lowest BCUT2D eigenvalue weighted by Crippen LogP contribution is -2.49. The second-order valence-corrected chi connectivity index (χ2v) is 8.52. The molecule has 33 heavy (non-hydrogen) atoms. The molecule has 1 aromatic carbocycles. The number of carbonyl (C=O) groups excluding carboxylic acids is 1. The summed E-state index contributed by atoms with van der Waals surface area (Å²) in [6.45, 7) is 8.79. The summed E-state index contributed by atoms with van der Waals surface area (Å²) in [5.41, 5.74) is 2.58. The highest BCUT2D eigenvalue weighted by Crippen LogP contribution is 2.29. The topological polar surface area (TPSA) is 62.5 Å². The largest absolute Gasteiger partial charge is 0.459 e. The van der Waals surface area contributed by atoms with E-state index in [1.807, 2.05) is 17.0 Å². The van der Waals surface area contributed by atoms with E-state index < -0.39 is 0 Å². The molecular weight excluding hydrogens is 419 g/mol. The molecule has 0 radical (unpaired) electrons. The smallest absolute Gasteiger partial charge is 0.289 e. The Hall–Kier alpha value is -3.22. The third kappa shape index (κ3) is 4.92. The number of halogens is 1. The Labute approximate surface area is 194 Å². The molecule has 3 aromatic rings. The van der Waals surface area contributed by atoms with Crippen LogP contribution in [0.2, 0.25) is 0 Å². The average molecular weight is 451 g/mol. The van der Waals surface area contributed by atoms with Crippen LogP contribution in [0.15, 0.2) is 47.1 Å². The van der Waals surface area contributed by atoms with E-state index in [1.54, 1.807) is 18.2 Å². The van der Waals surface area contributed by atoms with E-state index in [0.29, 0.717) is 43.9 Å². The number of rotatable bonds is 7. The SMILES string of the molecule is CCc1nc(C(C)CC)nc(N2CCN(C(=O)c3ccco3)CC2)c1Cc1ccccc1F. The van der Waals surface area contributed by atoms with Crippen LogP contribution < -0.4 is 4.90 Å². The number of hydrogen-bond donors (Lipinski definition) is 0. The highest BCUT2D eigenvalue weighted by atomic mass is 19.1. The Kier molecular flexibility index (Phi) is 7.06. The van der Waals surface area contributed by atoms with E-state index in [0.717, 1.165) is 35.7 Å². The molecule has 0 aliphatic carbocycles. The van der Waals surface area contributed by atoms with Gasteiger partial charge in [0, 0.05) is 49.8 Å². The lowest BCUT2D eigenvalue weighted by Gasteiger charge is -2.36. The molecule has 6 nitrogen and oxygen atoms in total. The van der Waals surface area contributed by atoms with Crippen LogP contribution in [0.4, 0.5) is 10.2 Å². The number of furan rings is 1. The summed E-state index contributed by atoms with van der Waals surface area (Å²) < 4.78 is 19.8. The van der Waals surface area contributed by atoms with E-state index in [9.17, 15) is 9.18 Å². The molecule has 0 saturated carbocycles. The normalized spacial score (nSPS) is 15.0. The van der Waals surface area contributed by atoms with Crippen LogP contribution in [0.5, 0.6) is 0 Å². The van der Waals surface area contributed by atoms with Gasteiger partial charge in [0.05, 0.1) is 6.26 Å². The van der Waals surface area contributed by atoms with Crippen molar-refractivity contribution < 1.29 is 13.6 Å². The Bertz CT molecular complexity index is 1090. The molecule has 0 spiro atoms. The zero-order chi connectivity index (χ0) is 23.4. The fourth-order valence-corrected chi connectivity index (χ4v) is 4.18. The molecule has 1 aliphatic rings. The van der Waals surface area contributed by atoms with Gasteiger partial charge in [-0.25, -0.2) is 14.4 Å². The first-order valence-corrected chi connectivity index (χ1v) is 11.7. The number of nitrogens with zero attached hydrogens (tertiary/aromatic N) is 4. The maximum atomic E-state index is 14.5. The lowest BCUT2D eigenvalue weighted by molar-refractivity contribution is 0.0714. The van der Waals surface area contributed by atoms with Crippen molar-refractivity contribution in [1.82, 2.24) is 14.9 Å². The van der Waals surface area contributed by atoms with Crippen LogP contribution in [0.25, 0.3) is 0 Å². The minimum Gasteiger partial charge on any atom is -0.459 e. The molecule has 1 amide bonds. The molecular formula is C26H31FN4O2. The minimum absolute atomic E-state index is 0.0940. The molecule has 4 rings (SSSR count). The fraction of sp³-hybridized carbons (Fsp3) is 0.423. The minimum atomic E-state index is -0.217. The summed E-state index contributed by atoms with van der Waals surface area (Å²) in [7, 11) is 0. The number of piperazine rings is 1. The second-order valence-electron chi connectivity index (χ2n) is 8.52. The highest BCUT2D eigenvalue weighted by molar-refractivity contribution is 5.91. The molecule has 1 fully saturated rings. The predicted molar refractivity (Wildman–Crippen MR) is 126 cm³/mol. The number of carbonyl (C=O) groups is 1. The summed E-state index contributed by atoms with van der Waals surface area (Å²) in [4.78, 5) is 26.6. The molecule has 3 heterocycles. The lowest BCUT2D eigenvalue weighted by atomic mass is 10.00. The van der Waals surface area contributed by atoms with Crippen molar-refractivity contribution in [2.75, 3.05) is 31.1 Å². The Morgan fingerprint density at radius 1 is 1.09 bits per heavy atom. The first-order chi connectivity index (χ1) is 16.0. The number of benzene rings is 1. The molecule has 0 bridgehead atoms. The summed E-state index contributed by atoms with van der Waals surface area (Å²) in [6.07, 6.45) is 3.65. The van der Waals surface area contributed by atoms with Crippen LogP contribution in [0.3, 0.4) is 0 Å². The van der Waals surface area contributed by atoms with Crippen molar-refractivity contribution in [2.24, 2.45) is 0 Å². The number of anilines is 1. The van der Waals surface area contributed by atoms with Gasteiger partial charge in [0.1, 0.15) is 17.5 Å². The standard InChI is InChI=1S/C26H31FN4O2/c1-4-18(3)24-28-22(5-2)20(17-19-9-6-7-10-21(19)27)25(29-24)30-12-14-31(15-13-30)26(32)23-11-8-16-33-23/h6-11,16,18H,4-5,12-15,17H2,1-3H3. The van der Waals surface area contributed by atoms with Gasteiger partial charge in [0.15, 0.2) is 5.76 Å². The Balaban J connectivity index is 1.65. The van der Waals surface area contributed by atoms with Gasteiger partial charge in [0.2, 0.25) is 0 Å². The van der Waals surface area contributed by atoms with Crippen LogP contribution in [-0.4, -0.2) is 47.0 Å². The van der Waals surface area contributed by atoms with Gasteiger partial charge in [-0.05, 0) is 36.6 Å². The van der Waals surface area contributed by atoms with Crippen molar-refractivity contribution in [1.29, 1.82) is 0 Å². The number of aryl methyl sites for hydroxylation is 1. The van der Waals surface area contributed by atoms with E-state index >= 15 is 0 Å². The maximum Gasteiger partial charge on any atom is 0.289 e. The summed E-state index contributed by atoms with van der Waals surface area (Å²) in [6, 6.07) is 10.3. The van der Waals surface area contributed by atoms with Crippen LogP contribution in [0, 0.1) is 5.82 Å². The van der Waals surface area contributed by atoms with Crippen molar-refractivity contribution in [3.8, 4) is 0 Å². The Morgan fingerprint density at radius 2 is 1.85 bits per heavy atom.